The first-order chi connectivity index (χ1) is 14.3. The van der Waals surface area contributed by atoms with Gasteiger partial charge in [-0.3, -0.25) is 0 Å². The van der Waals surface area contributed by atoms with Crippen LogP contribution in [0.15, 0.2) is 0 Å². The van der Waals surface area contributed by atoms with E-state index < -0.39 is 0 Å². The number of hydrogen-bond acceptors (Lipinski definition) is 1. The Morgan fingerprint density at radius 3 is 1.69 bits per heavy atom. The smallest absolute Gasteiger partial charge is 0.0710 e. The van der Waals surface area contributed by atoms with Crippen LogP contribution in [0.3, 0.4) is 0 Å². The molecule has 170 valence electrons. The first-order valence-corrected chi connectivity index (χ1v) is 13.9. The third-order valence-electron chi connectivity index (χ3n) is 9.09. The van der Waals surface area contributed by atoms with Crippen LogP contribution >= 0.6 is 0 Å². The van der Waals surface area contributed by atoms with E-state index in [4.69, 9.17) is 4.74 Å². The minimum Gasteiger partial charge on any atom is -0.375 e. The fourth-order valence-electron chi connectivity index (χ4n) is 6.99. The van der Waals surface area contributed by atoms with Crippen LogP contribution in [-0.2, 0) is 4.74 Å². The number of rotatable bonds is 11. The van der Waals surface area contributed by atoms with Gasteiger partial charge < -0.3 is 4.74 Å². The maximum Gasteiger partial charge on any atom is 0.0710 e. The summed E-state index contributed by atoms with van der Waals surface area (Å²) in [6.45, 7) is 5.64. The minimum absolute atomic E-state index is 0.273. The Hall–Kier alpha value is -0.0400. The molecule has 0 bridgehead atoms. The molecule has 0 atom stereocenters. The number of ether oxygens (including phenoxy) is 1. The minimum atomic E-state index is 0.273. The Morgan fingerprint density at radius 2 is 1.14 bits per heavy atom. The second-order valence-corrected chi connectivity index (χ2v) is 11.2. The summed E-state index contributed by atoms with van der Waals surface area (Å²) in [5.41, 5.74) is 0.273. The molecule has 3 rings (SSSR count). The molecule has 0 spiro atoms. The average molecular weight is 405 g/mol. The molecule has 1 nitrogen and oxygen atoms in total. The highest BCUT2D eigenvalue weighted by Crippen LogP contribution is 2.46. The van der Waals surface area contributed by atoms with Gasteiger partial charge in [-0.05, 0) is 55.8 Å². The van der Waals surface area contributed by atoms with E-state index in [1.807, 2.05) is 0 Å². The van der Waals surface area contributed by atoms with Crippen molar-refractivity contribution in [3.05, 3.63) is 0 Å². The van der Waals surface area contributed by atoms with Gasteiger partial charge in [0, 0.05) is 6.61 Å². The molecule has 0 aromatic carbocycles. The molecule has 0 aromatic heterocycles. The monoisotopic (exact) mass is 404 g/mol. The summed E-state index contributed by atoms with van der Waals surface area (Å²) < 4.78 is 6.68. The molecule has 3 aliphatic carbocycles. The third kappa shape index (κ3) is 7.26. The van der Waals surface area contributed by atoms with Crippen molar-refractivity contribution in [3.8, 4) is 0 Å². The van der Waals surface area contributed by atoms with Gasteiger partial charge in [-0.15, -0.1) is 0 Å². The van der Waals surface area contributed by atoms with Gasteiger partial charge >= 0.3 is 0 Å². The fourth-order valence-corrected chi connectivity index (χ4v) is 6.99. The zero-order valence-corrected chi connectivity index (χ0v) is 20.1. The molecule has 3 saturated carbocycles. The van der Waals surface area contributed by atoms with Crippen molar-refractivity contribution < 1.29 is 4.74 Å². The van der Waals surface area contributed by atoms with Gasteiger partial charge in [0.1, 0.15) is 0 Å². The zero-order valence-electron chi connectivity index (χ0n) is 20.1. The molecule has 0 amide bonds. The van der Waals surface area contributed by atoms with Crippen LogP contribution in [-0.4, -0.2) is 12.2 Å². The van der Waals surface area contributed by atoms with Gasteiger partial charge in [0.15, 0.2) is 0 Å². The van der Waals surface area contributed by atoms with Crippen LogP contribution < -0.4 is 0 Å². The molecule has 1 heteroatoms. The molecular weight excluding hydrogens is 352 g/mol. The molecular formula is C28H52O. The quantitative estimate of drug-likeness (QED) is 0.312. The van der Waals surface area contributed by atoms with Crippen LogP contribution in [0.4, 0.5) is 0 Å². The SMILES string of the molecule is CCCCOC1([C@H]2CC[C@H](CC[C@H]3CC[C@H](CCCC)CC3)CC2)CCCCC1. The van der Waals surface area contributed by atoms with Crippen LogP contribution in [0.1, 0.15) is 142 Å². The normalized spacial score (nSPS) is 32.9. The summed E-state index contributed by atoms with van der Waals surface area (Å²) in [5, 5.41) is 0. The Bertz CT molecular complexity index is 408. The van der Waals surface area contributed by atoms with Gasteiger partial charge in [0.05, 0.1) is 5.60 Å². The van der Waals surface area contributed by atoms with E-state index in [-0.39, 0.29) is 5.60 Å². The van der Waals surface area contributed by atoms with Crippen molar-refractivity contribution in [1.82, 2.24) is 0 Å². The summed E-state index contributed by atoms with van der Waals surface area (Å²) in [4.78, 5) is 0. The average Bonchev–Trinajstić information content (AvgIpc) is 2.78. The molecule has 0 radical (unpaired) electrons. The van der Waals surface area contributed by atoms with Gasteiger partial charge in [0.25, 0.3) is 0 Å². The largest absolute Gasteiger partial charge is 0.375 e. The lowest BCUT2D eigenvalue weighted by atomic mass is 9.67. The van der Waals surface area contributed by atoms with Crippen molar-refractivity contribution in [2.24, 2.45) is 23.7 Å². The highest BCUT2D eigenvalue weighted by atomic mass is 16.5. The molecule has 3 aliphatic rings. The summed E-state index contributed by atoms with van der Waals surface area (Å²) in [5.74, 6) is 4.03. The lowest BCUT2D eigenvalue weighted by Gasteiger charge is -2.46. The third-order valence-corrected chi connectivity index (χ3v) is 9.09. The zero-order chi connectivity index (χ0) is 20.4. The van der Waals surface area contributed by atoms with Crippen molar-refractivity contribution in [3.63, 3.8) is 0 Å². The van der Waals surface area contributed by atoms with Crippen LogP contribution in [0.25, 0.3) is 0 Å². The molecule has 0 heterocycles. The van der Waals surface area contributed by atoms with E-state index in [1.165, 1.54) is 128 Å². The Kier molecular flexibility index (Phi) is 10.4. The van der Waals surface area contributed by atoms with E-state index in [0.29, 0.717) is 0 Å². The fraction of sp³-hybridized carbons (Fsp3) is 1.00. The van der Waals surface area contributed by atoms with Gasteiger partial charge in [-0.25, -0.2) is 0 Å². The molecule has 0 unspecified atom stereocenters. The van der Waals surface area contributed by atoms with Crippen LogP contribution in [0.2, 0.25) is 0 Å². The van der Waals surface area contributed by atoms with Gasteiger partial charge in [0.2, 0.25) is 0 Å². The van der Waals surface area contributed by atoms with E-state index in [0.717, 1.165) is 30.3 Å². The lowest BCUT2D eigenvalue weighted by molar-refractivity contribution is -0.122. The Morgan fingerprint density at radius 1 is 0.621 bits per heavy atom. The summed E-state index contributed by atoms with van der Waals surface area (Å²) in [7, 11) is 0. The topological polar surface area (TPSA) is 9.23 Å². The Balaban J connectivity index is 1.36. The Labute approximate surface area is 183 Å². The molecule has 0 N–H and O–H groups in total. The van der Waals surface area contributed by atoms with Crippen molar-refractivity contribution in [2.45, 2.75) is 148 Å². The van der Waals surface area contributed by atoms with Crippen LogP contribution in [0, 0.1) is 23.7 Å². The van der Waals surface area contributed by atoms with Crippen molar-refractivity contribution >= 4 is 0 Å². The van der Waals surface area contributed by atoms with Crippen molar-refractivity contribution in [2.75, 3.05) is 6.61 Å². The van der Waals surface area contributed by atoms with E-state index in [2.05, 4.69) is 13.8 Å². The van der Waals surface area contributed by atoms with Gasteiger partial charge in [-0.1, -0.05) is 110 Å². The molecule has 29 heavy (non-hydrogen) atoms. The standard InChI is InChI=1S/C28H52O/c1-3-5-10-24-11-13-25(14-12-24)15-16-26-17-19-27(20-18-26)28(29-23-6-4-2)21-8-7-9-22-28/h24-27H,3-23H2,1-2H3/t24-,25-,26-,27-. The molecule has 0 aliphatic heterocycles. The number of hydrogen-bond donors (Lipinski definition) is 0. The maximum absolute atomic E-state index is 6.68. The first-order valence-electron chi connectivity index (χ1n) is 13.9. The molecule has 0 saturated heterocycles. The van der Waals surface area contributed by atoms with Crippen LogP contribution in [0.5, 0.6) is 0 Å². The highest BCUT2D eigenvalue weighted by molar-refractivity contribution is 4.93. The van der Waals surface area contributed by atoms with Crippen molar-refractivity contribution in [1.29, 1.82) is 0 Å². The van der Waals surface area contributed by atoms with E-state index in [1.54, 1.807) is 0 Å². The summed E-state index contributed by atoms with van der Waals surface area (Å²) in [6, 6.07) is 0. The van der Waals surface area contributed by atoms with Gasteiger partial charge in [-0.2, -0.15) is 0 Å². The number of unbranched alkanes of at least 4 members (excludes halogenated alkanes) is 2. The predicted octanol–water partition coefficient (Wildman–Crippen LogP) is 9.09. The van der Waals surface area contributed by atoms with E-state index >= 15 is 0 Å². The second kappa shape index (κ2) is 12.7. The second-order valence-electron chi connectivity index (χ2n) is 11.2. The first kappa shape index (κ1) is 23.6. The van der Waals surface area contributed by atoms with E-state index in [9.17, 15) is 0 Å². The summed E-state index contributed by atoms with van der Waals surface area (Å²) >= 11 is 0. The maximum atomic E-state index is 6.68. The predicted molar refractivity (Wildman–Crippen MR) is 126 cm³/mol. The lowest BCUT2D eigenvalue weighted by Crippen LogP contribution is -2.44. The summed E-state index contributed by atoms with van der Waals surface area (Å²) in [6.07, 6.45) is 29.0. The molecule has 0 aromatic rings. The highest BCUT2D eigenvalue weighted by Gasteiger charge is 2.42. The molecule has 3 fully saturated rings.